The highest BCUT2D eigenvalue weighted by atomic mass is 16.2. The highest BCUT2D eigenvalue weighted by Crippen LogP contribution is 2.25. The predicted molar refractivity (Wildman–Crippen MR) is 78.7 cm³/mol. The van der Waals surface area contributed by atoms with Gasteiger partial charge in [-0.3, -0.25) is 9.59 Å². The van der Waals surface area contributed by atoms with Gasteiger partial charge in [-0.1, -0.05) is 18.2 Å². The van der Waals surface area contributed by atoms with Gasteiger partial charge in [-0.15, -0.1) is 0 Å². The fraction of sp³-hybridized carbons (Fsp3) is 0.375. The number of rotatable bonds is 2. The van der Waals surface area contributed by atoms with Gasteiger partial charge in [0.05, 0.1) is 0 Å². The summed E-state index contributed by atoms with van der Waals surface area (Å²) in [6, 6.07) is 7.33. The number of para-hydroxylation sites is 1. The predicted octanol–water partition coefficient (Wildman–Crippen LogP) is 1.20. The number of aromatic nitrogens is 1. The van der Waals surface area contributed by atoms with Crippen molar-refractivity contribution in [2.24, 2.45) is 0 Å². The number of nitrogens with zero attached hydrogens (tertiary/aromatic N) is 1. The van der Waals surface area contributed by atoms with Crippen LogP contribution in [0.1, 0.15) is 18.4 Å². The van der Waals surface area contributed by atoms with E-state index in [9.17, 15) is 9.59 Å². The molecule has 2 aliphatic rings. The molecule has 108 valence electrons. The summed E-state index contributed by atoms with van der Waals surface area (Å²) in [7, 11) is 0. The molecule has 2 aromatic rings. The van der Waals surface area contributed by atoms with Gasteiger partial charge in [0.2, 0.25) is 11.8 Å². The van der Waals surface area contributed by atoms with E-state index in [1.54, 1.807) is 4.90 Å². The van der Waals surface area contributed by atoms with E-state index < -0.39 is 6.04 Å². The summed E-state index contributed by atoms with van der Waals surface area (Å²) in [6.45, 7) is 0.710. The molecule has 2 aliphatic heterocycles. The lowest BCUT2D eigenvalue weighted by Crippen LogP contribution is -2.61. The summed E-state index contributed by atoms with van der Waals surface area (Å²) in [5.41, 5.74) is 2.13. The number of amides is 2. The Labute approximate surface area is 122 Å². The molecule has 0 spiro atoms. The van der Waals surface area contributed by atoms with Crippen molar-refractivity contribution in [3.63, 3.8) is 0 Å². The Morgan fingerprint density at radius 1 is 1.24 bits per heavy atom. The van der Waals surface area contributed by atoms with Crippen molar-refractivity contribution in [1.82, 2.24) is 15.2 Å². The van der Waals surface area contributed by atoms with Gasteiger partial charge in [0, 0.05) is 30.1 Å². The Morgan fingerprint density at radius 2 is 2.10 bits per heavy atom. The zero-order valence-corrected chi connectivity index (χ0v) is 11.6. The first-order valence-electron chi connectivity index (χ1n) is 7.40. The highest BCUT2D eigenvalue weighted by molar-refractivity contribution is 5.98. The zero-order chi connectivity index (χ0) is 14.4. The number of H-pyrrole nitrogens is 1. The summed E-state index contributed by atoms with van der Waals surface area (Å²) in [5.74, 6) is 0.0549. The van der Waals surface area contributed by atoms with E-state index in [0.29, 0.717) is 13.0 Å². The minimum Gasteiger partial charge on any atom is -0.361 e. The monoisotopic (exact) mass is 283 g/mol. The average molecular weight is 283 g/mol. The minimum atomic E-state index is -0.439. The molecule has 2 N–H and O–H groups in total. The molecule has 0 radical (unpaired) electrons. The Kier molecular flexibility index (Phi) is 2.74. The van der Waals surface area contributed by atoms with Crippen molar-refractivity contribution in [2.45, 2.75) is 31.3 Å². The van der Waals surface area contributed by atoms with Gasteiger partial charge in [-0.2, -0.15) is 0 Å². The van der Waals surface area contributed by atoms with E-state index in [-0.39, 0.29) is 17.9 Å². The number of hydrogen-bond acceptors (Lipinski definition) is 2. The lowest BCUT2D eigenvalue weighted by atomic mass is 10.0. The third kappa shape index (κ3) is 1.92. The number of hydrogen-bond donors (Lipinski definition) is 2. The molecule has 1 aromatic heterocycles. The maximum absolute atomic E-state index is 12.5. The smallest absolute Gasteiger partial charge is 0.246 e. The largest absolute Gasteiger partial charge is 0.361 e. The van der Waals surface area contributed by atoms with Crippen molar-refractivity contribution in [3.8, 4) is 0 Å². The molecule has 2 fully saturated rings. The maximum atomic E-state index is 12.5. The number of piperazine rings is 1. The van der Waals surface area contributed by atoms with Crippen molar-refractivity contribution in [3.05, 3.63) is 36.0 Å². The quantitative estimate of drug-likeness (QED) is 0.870. The van der Waals surface area contributed by atoms with E-state index in [0.717, 1.165) is 29.3 Å². The minimum absolute atomic E-state index is 0.00283. The molecule has 2 amide bonds. The fourth-order valence-corrected chi connectivity index (χ4v) is 3.49. The second kappa shape index (κ2) is 4.62. The molecule has 2 saturated heterocycles. The van der Waals surface area contributed by atoms with Crippen LogP contribution in [0, 0.1) is 0 Å². The number of aromatic amines is 1. The van der Waals surface area contributed by atoms with E-state index in [1.807, 2.05) is 30.5 Å². The fourth-order valence-electron chi connectivity index (χ4n) is 3.49. The third-order valence-electron chi connectivity index (χ3n) is 4.55. The molecule has 0 saturated carbocycles. The van der Waals surface area contributed by atoms with Gasteiger partial charge < -0.3 is 15.2 Å². The lowest BCUT2D eigenvalue weighted by molar-refractivity contribution is -0.146. The lowest BCUT2D eigenvalue weighted by Gasteiger charge is -2.34. The summed E-state index contributed by atoms with van der Waals surface area (Å²) in [4.78, 5) is 29.6. The van der Waals surface area contributed by atoms with E-state index >= 15 is 0 Å². The Bertz CT molecular complexity index is 721. The summed E-state index contributed by atoms with van der Waals surface area (Å²) >= 11 is 0. The first-order chi connectivity index (χ1) is 10.2. The Morgan fingerprint density at radius 3 is 3.00 bits per heavy atom. The second-order valence-electron chi connectivity index (χ2n) is 5.81. The second-order valence-corrected chi connectivity index (χ2v) is 5.81. The maximum Gasteiger partial charge on any atom is 0.246 e. The number of benzene rings is 1. The molecular formula is C16H17N3O2. The summed E-state index contributed by atoms with van der Waals surface area (Å²) in [5, 5.41) is 4.01. The first kappa shape index (κ1) is 12.4. The standard InChI is InChI=1S/C16H17N3O2/c20-15-14-6-3-7-19(14)16(21)13(18-15)8-10-9-17-12-5-2-1-4-11(10)12/h1-2,4-5,9,13-14,17H,3,6-8H2,(H,18,20)/t13?,14-/m1/s1. The van der Waals surface area contributed by atoms with Gasteiger partial charge in [0.25, 0.3) is 0 Å². The van der Waals surface area contributed by atoms with Crippen LogP contribution in [-0.2, 0) is 16.0 Å². The number of nitrogens with one attached hydrogen (secondary N) is 2. The first-order valence-corrected chi connectivity index (χ1v) is 7.40. The molecule has 21 heavy (non-hydrogen) atoms. The molecule has 0 aliphatic carbocycles. The zero-order valence-electron chi connectivity index (χ0n) is 11.6. The summed E-state index contributed by atoms with van der Waals surface area (Å²) in [6.07, 6.45) is 4.18. The average Bonchev–Trinajstić information content (AvgIpc) is 3.12. The van der Waals surface area contributed by atoms with E-state index in [4.69, 9.17) is 0 Å². The van der Waals surface area contributed by atoms with Crippen molar-refractivity contribution in [1.29, 1.82) is 0 Å². The van der Waals surface area contributed by atoms with Gasteiger partial charge >= 0.3 is 0 Å². The molecular weight excluding hydrogens is 266 g/mol. The van der Waals surface area contributed by atoms with E-state index in [1.165, 1.54) is 0 Å². The molecule has 4 rings (SSSR count). The highest BCUT2D eigenvalue weighted by Gasteiger charge is 2.42. The van der Waals surface area contributed by atoms with E-state index in [2.05, 4.69) is 10.3 Å². The van der Waals surface area contributed by atoms with Crippen LogP contribution in [-0.4, -0.2) is 40.3 Å². The number of fused-ring (bicyclic) bond motifs is 2. The van der Waals surface area contributed by atoms with Crippen LogP contribution in [0.2, 0.25) is 0 Å². The van der Waals surface area contributed by atoms with Crippen LogP contribution in [0.3, 0.4) is 0 Å². The Balaban J connectivity index is 1.62. The van der Waals surface area contributed by atoms with Crippen LogP contribution >= 0.6 is 0 Å². The van der Waals surface area contributed by atoms with Crippen molar-refractivity contribution >= 4 is 22.7 Å². The Hall–Kier alpha value is -2.30. The number of carbonyl (C=O) groups is 2. The van der Waals surface area contributed by atoms with Crippen molar-refractivity contribution in [2.75, 3.05) is 6.54 Å². The molecule has 5 heteroatoms. The van der Waals surface area contributed by atoms with Crippen LogP contribution in [0.25, 0.3) is 10.9 Å². The summed E-state index contributed by atoms with van der Waals surface area (Å²) < 4.78 is 0. The normalized spacial score (nSPS) is 25.2. The number of carbonyl (C=O) groups excluding carboxylic acids is 2. The van der Waals surface area contributed by atoms with Crippen LogP contribution < -0.4 is 5.32 Å². The molecule has 5 nitrogen and oxygen atoms in total. The molecule has 1 aromatic carbocycles. The van der Waals surface area contributed by atoms with Crippen LogP contribution in [0.4, 0.5) is 0 Å². The molecule has 2 atom stereocenters. The van der Waals surface area contributed by atoms with Crippen LogP contribution in [0.15, 0.2) is 30.5 Å². The topological polar surface area (TPSA) is 65.2 Å². The van der Waals surface area contributed by atoms with Gasteiger partial charge in [0.15, 0.2) is 0 Å². The SMILES string of the molecule is O=C1NC(Cc2c[nH]c3ccccc23)C(=O)N2CCC[C@H]12. The van der Waals surface area contributed by atoms with Crippen molar-refractivity contribution < 1.29 is 9.59 Å². The van der Waals surface area contributed by atoms with Gasteiger partial charge in [-0.05, 0) is 24.5 Å². The molecule has 0 bridgehead atoms. The molecule has 1 unspecified atom stereocenters. The third-order valence-corrected chi connectivity index (χ3v) is 4.55. The van der Waals surface area contributed by atoms with Crippen LogP contribution in [0.5, 0.6) is 0 Å². The molecule has 3 heterocycles. The van der Waals surface area contributed by atoms with Gasteiger partial charge in [-0.25, -0.2) is 0 Å². The van der Waals surface area contributed by atoms with Gasteiger partial charge in [0.1, 0.15) is 12.1 Å².